The summed E-state index contributed by atoms with van der Waals surface area (Å²) in [5.41, 5.74) is 9.43. The molecule has 7 nitrogen and oxygen atoms in total. The van der Waals surface area contributed by atoms with Crippen molar-refractivity contribution in [2.24, 2.45) is 0 Å². The molecular weight excluding hydrogens is 258 g/mol. The number of nitrogens with one attached hydrogen (secondary N) is 2. The summed E-state index contributed by atoms with van der Waals surface area (Å²) in [7, 11) is 0. The quantitative estimate of drug-likeness (QED) is 0.710. The lowest BCUT2D eigenvalue weighted by Crippen LogP contribution is -2.46. The van der Waals surface area contributed by atoms with Crippen molar-refractivity contribution >= 4 is 23.3 Å². The molecule has 0 atom stereocenters. The molecule has 0 bridgehead atoms. The van der Waals surface area contributed by atoms with Crippen molar-refractivity contribution in [3.8, 4) is 0 Å². The van der Waals surface area contributed by atoms with Crippen LogP contribution in [0.25, 0.3) is 0 Å². The maximum Gasteiger partial charge on any atom is 0.295 e. The van der Waals surface area contributed by atoms with E-state index < -0.39 is 5.91 Å². The molecular formula is C13H15N5O2. The number of nitrogens with zero attached hydrogens (tertiary/aromatic N) is 2. The second-order valence-electron chi connectivity index (χ2n) is 4.25. The first-order valence-electron chi connectivity index (χ1n) is 5.98. The van der Waals surface area contributed by atoms with Crippen LogP contribution in [-0.2, 0) is 4.79 Å². The number of nitrogen functional groups attached to an aromatic ring is 1. The molecule has 0 radical (unpaired) electrons. The van der Waals surface area contributed by atoms with E-state index in [1.54, 1.807) is 31.2 Å². The number of aromatic amines is 1. The summed E-state index contributed by atoms with van der Waals surface area (Å²) < 4.78 is 0. The molecule has 0 saturated carbocycles. The third-order valence-corrected chi connectivity index (χ3v) is 2.75. The summed E-state index contributed by atoms with van der Waals surface area (Å²) in [5, 5.41) is 7.52. The number of rotatable bonds is 2. The lowest BCUT2D eigenvalue weighted by Gasteiger charge is -2.22. The molecule has 0 fully saturated rings. The minimum Gasteiger partial charge on any atom is -0.382 e. The van der Waals surface area contributed by atoms with Gasteiger partial charge in [0.15, 0.2) is 0 Å². The zero-order valence-electron chi connectivity index (χ0n) is 11.2. The fourth-order valence-corrected chi connectivity index (χ4v) is 1.70. The molecule has 1 heterocycles. The highest BCUT2D eigenvalue weighted by Gasteiger charge is 2.23. The summed E-state index contributed by atoms with van der Waals surface area (Å²) in [5.74, 6) is -0.537. The Balaban J connectivity index is 2.39. The minimum absolute atomic E-state index is 0.236. The van der Waals surface area contributed by atoms with Crippen molar-refractivity contribution in [3.63, 3.8) is 0 Å². The van der Waals surface area contributed by atoms with Gasteiger partial charge in [0.2, 0.25) is 5.91 Å². The molecule has 7 heteroatoms. The second-order valence-corrected chi connectivity index (χ2v) is 4.25. The van der Waals surface area contributed by atoms with E-state index >= 15 is 0 Å². The minimum atomic E-state index is -0.437. The van der Waals surface area contributed by atoms with Crippen molar-refractivity contribution in [2.75, 3.05) is 10.7 Å². The Morgan fingerprint density at radius 1 is 1.30 bits per heavy atom. The SMILES string of the molecule is CC(=O)NN(C(=O)c1[nH]nc(N)c1C)c1ccccc1. The van der Waals surface area contributed by atoms with Crippen LogP contribution in [0.1, 0.15) is 23.0 Å². The Morgan fingerprint density at radius 2 is 1.95 bits per heavy atom. The molecule has 2 aromatic rings. The fraction of sp³-hybridized carbons (Fsp3) is 0.154. The van der Waals surface area contributed by atoms with Gasteiger partial charge < -0.3 is 5.73 Å². The molecule has 0 saturated heterocycles. The standard InChI is InChI=1S/C13H15N5O2/c1-8-11(15-16-12(8)14)13(20)18(17-9(2)19)10-6-4-3-5-7-10/h3-7H,1-2H3,(H,17,19)(H3,14,15,16). The molecule has 1 aromatic heterocycles. The molecule has 0 aliphatic heterocycles. The van der Waals surface area contributed by atoms with Gasteiger partial charge in [-0.15, -0.1) is 0 Å². The smallest absolute Gasteiger partial charge is 0.295 e. The number of anilines is 2. The summed E-state index contributed by atoms with van der Waals surface area (Å²) in [4.78, 5) is 23.8. The third-order valence-electron chi connectivity index (χ3n) is 2.75. The van der Waals surface area contributed by atoms with Crippen LogP contribution in [0, 0.1) is 6.92 Å². The van der Waals surface area contributed by atoms with E-state index in [4.69, 9.17) is 5.73 Å². The molecule has 2 amide bonds. The number of para-hydroxylation sites is 1. The Hall–Kier alpha value is -2.83. The topological polar surface area (TPSA) is 104 Å². The molecule has 4 N–H and O–H groups in total. The zero-order chi connectivity index (χ0) is 14.7. The van der Waals surface area contributed by atoms with Crippen molar-refractivity contribution < 1.29 is 9.59 Å². The highest BCUT2D eigenvalue weighted by Crippen LogP contribution is 2.18. The summed E-state index contributed by atoms with van der Waals surface area (Å²) >= 11 is 0. The van der Waals surface area contributed by atoms with Crippen LogP contribution in [0.2, 0.25) is 0 Å². The number of carbonyl (C=O) groups is 2. The highest BCUT2D eigenvalue weighted by atomic mass is 16.2. The van der Waals surface area contributed by atoms with Crippen molar-refractivity contribution in [3.05, 3.63) is 41.6 Å². The number of hydrogen-bond acceptors (Lipinski definition) is 4. The first-order chi connectivity index (χ1) is 9.50. The number of carbonyl (C=O) groups excluding carboxylic acids is 2. The number of hydrogen-bond donors (Lipinski definition) is 3. The van der Waals surface area contributed by atoms with Gasteiger partial charge in [-0.05, 0) is 19.1 Å². The molecule has 104 valence electrons. The number of aromatic nitrogens is 2. The van der Waals surface area contributed by atoms with Crippen molar-refractivity contribution in [1.29, 1.82) is 0 Å². The van der Waals surface area contributed by atoms with Crippen LogP contribution in [0.3, 0.4) is 0 Å². The highest BCUT2D eigenvalue weighted by molar-refractivity contribution is 6.07. The van der Waals surface area contributed by atoms with E-state index in [9.17, 15) is 9.59 Å². The predicted molar refractivity (Wildman–Crippen MR) is 74.8 cm³/mol. The van der Waals surface area contributed by atoms with Crippen molar-refractivity contribution in [1.82, 2.24) is 15.6 Å². The molecule has 0 aliphatic rings. The average Bonchev–Trinajstić information content (AvgIpc) is 2.76. The van der Waals surface area contributed by atoms with E-state index in [0.29, 0.717) is 11.3 Å². The van der Waals surface area contributed by atoms with Gasteiger partial charge >= 0.3 is 0 Å². The van der Waals surface area contributed by atoms with Crippen LogP contribution < -0.4 is 16.2 Å². The van der Waals surface area contributed by atoms with Crippen LogP contribution in [0.4, 0.5) is 11.5 Å². The number of benzene rings is 1. The molecule has 0 aliphatic carbocycles. The Bertz CT molecular complexity index is 635. The molecule has 0 spiro atoms. The molecule has 2 rings (SSSR count). The zero-order valence-corrected chi connectivity index (χ0v) is 11.2. The molecule has 0 unspecified atom stereocenters. The van der Waals surface area contributed by atoms with Gasteiger partial charge in [-0.2, -0.15) is 5.10 Å². The third kappa shape index (κ3) is 2.61. The normalized spacial score (nSPS) is 10.1. The average molecular weight is 273 g/mol. The summed E-state index contributed by atoms with van der Waals surface area (Å²) in [6.07, 6.45) is 0. The predicted octanol–water partition coefficient (Wildman–Crippen LogP) is 0.998. The first kappa shape index (κ1) is 13.6. The maximum absolute atomic E-state index is 12.5. The van der Waals surface area contributed by atoms with Crippen LogP contribution >= 0.6 is 0 Å². The van der Waals surface area contributed by atoms with Gasteiger partial charge in [0.05, 0.1) is 5.69 Å². The van der Waals surface area contributed by atoms with E-state index in [0.717, 1.165) is 5.01 Å². The maximum atomic E-state index is 12.5. The van der Waals surface area contributed by atoms with Gasteiger partial charge in [0.1, 0.15) is 11.5 Å². The summed E-state index contributed by atoms with van der Waals surface area (Å²) in [6, 6.07) is 8.78. The lowest BCUT2D eigenvalue weighted by atomic mass is 10.2. The Kier molecular flexibility index (Phi) is 3.69. The van der Waals surface area contributed by atoms with E-state index in [1.165, 1.54) is 6.92 Å². The van der Waals surface area contributed by atoms with Gasteiger partial charge in [-0.25, -0.2) is 5.01 Å². The monoisotopic (exact) mass is 273 g/mol. The van der Waals surface area contributed by atoms with Gasteiger partial charge in [0, 0.05) is 12.5 Å². The van der Waals surface area contributed by atoms with Crippen LogP contribution in [0.5, 0.6) is 0 Å². The fourth-order valence-electron chi connectivity index (χ4n) is 1.70. The molecule has 20 heavy (non-hydrogen) atoms. The largest absolute Gasteiger partial charge is 0.382 e. The number of hydrazine groups is 1. The van der Waals surface area contributed by atoms with Gasteiger partial charge in [0.25, 0.3) is 5.91 Å². The van der Waals surface area contributed by atoms with Crippen LogP contribution in [-0.4, -0.2) is 22.0 Å². The lowest BCUT2D eigenvalue weighted by molar-refractivity contribution is -0.119. The Morgan fingerprint density at radius 3 is 2.45 bits per heavy atom. The number of nitrogens with two attached hydrogens (primary N) is 1. The van der Waals surface area contributed by atoms with Crippen molar-refractivity contribution in [2.45, 2.75) is 13.8 Å². The van der Waals surface area contributed by atoms with Gasteiger partial charge in [-0.3, -0.25) is 20.1 Å². The van der Waals surface area contributed by atoms with E-state index in [-0.39, 0.29) is 17.4 Å². The van der Waals surface area contributed by atoms with E-state index in [2.05, 4.69) is 15.6 Å². The van der Waals surface area contributed by atoms with E-state index in [1.807, 2.05) is 6.07 Å². The molecule has 1 aromatic carbocycles. The Labute approximate surface area is 115 Å². The summed E-state index contributed by atoms with van der Waals surface area (Å²) in [6.45, 7) is 3.01. The number of H-pyrrole nitrogens is 1. The van der Waals surface area contributed by atoms with Crippen LogP contribution in [0.15, 0.2) is 30.3 Å². The van der Waals surface area contributed by atoms with Gasteiger partial charge in [-0.1, -0.05) is 18.2 Å². The first-order valence-corrected chi connectivity index (χ1v) is 5.98. The second kappa shape index (κ2) is 5.43. The number of amides is 2.